The lowest BCUT2D eigenvalue weighted by Crippen LogP contribution is -2.14. The number of hydrogen-bond donors (Lipinski definition) is 0. The fourth-order valence-electron chi connectivity index (χ4n) is 9.42. The molecule has 0 atom stereocenters. The van der Waals surface area contributed by atoms with Crippen LogP contribution in [0, 0.1) is 0 Å². The number of furan rings is 2. The zero-order chi connectivity index (χ0) is 35.7. The highest BCUT2D eigenvalue weighted by atomic mass is 16.3. The SMILES string of the molecule is CC1(C)c2ccccc2-c2cc(-c3ccc4c(c3)c3ccccc3n4-c3cc(-c4ccc5oc6ccccc6c5c4)c4c(c3)oc3ccccc34)ccc21. The van der Waals surface area contributed by atoms with E-state index in [2.05, 4.69) is 164 Å². The molecule has 3 nitrogen and oxygen atoms in total. The van der Waals surface area contributed by atoms with Gasteiger partial charge in [0.1, 0.15) is 22.3 Å². The first-order chi connectivity index (χ1) is 26.5. The van der Waals surface area contributed by atoms with E-state index in [0.717, 1.165) is 71.7 Å². The van der Waals surface area contributed by atoms with Gasteiger partial charge in [-0.3, -0.25) is 0 Å². The van der Waals surface area contributed by atoms with Crippen molar-refractivity contribution in [1.29, 1.82) is 0 Å². The first-order valence-electron chi connectivity index (χ1n) is 18.7. The monoisotopic (exact) mass is 691 g/mol. The molecule has 3 aromatic heterocycles. The lowest BCUT2D eigenvalue weighted by molar-refractivity contribution is 0.660. The molecule has 0 unspecified atom stereocenters. The van der Waals surface area contributed by atoms with Crippen molar-refractivity contribution < 1.29 is 8.83 Å². The van der Waals surface area contributed by atoms with Crippen LogP contribution in [0.25, 0.3) is 105 Å². The summed E-state index contributed by atoms with van der Waals surface area (Å²) in [6.07, 6.45) is 0. The first-order valence-corrected chi connectivity index (χ1v) is 18.7. The van der Waals surface area contributed by atoms with Crippen LogP contribution in [0.5, 0.6) is 0 Å². The van der Waals surface area contributed by atoms with Gasteiger partial charge in [-0.1, -0.05) is 117 Å². The topological polar surface area (TPSA) is 31.2 Å². The van der Waals surface area contributed by atoms with Gasteiger partial charge in [-0.25, -0.2) is 0 Å². The molecule has 12 rings (SSSR count). The Labute approximate surface area is 311 Å². The molecule has 1 aliphatic rings. The summed E-state index contributed by atoms with van der Waals surface area (Å²) in [4.78, 5) is 0. The molecule has 8 aromatic carbocycles. The summed E-state index contributed by atoms with van der Waals surface area (Å²) in [5.41, 5.74) is 17.1. The van der Waals surface area contributed by atoms with Gasteiger partial charge in [0.15, 0.2) is 0 Å². The number of para-hydroxylation sites is 3. The molecule has 11 aromatic rings. The molecule has 0 radical (unpaired) electrons. The van der Waals surface area contributed by atoms with E-state index in [4.69, 9.17) is 8.83 Å². The summed E-state index contributed by atoms with van der Waals surface area (Å²) in [6, 6.07) is 59.3. The van der Waals surface area contributed by atoms with Crippen molar-refractivity contribution in [1.82, 2.24) is 4.57 Å². The van der Waals surface area contributed by atoms with Crippen LogP contribution in [0.3, 0.4) is 0 Å². The van der Waals surface area contributed by atoms with Crippen molar-refractivity contribution in [3.63, 3.8) is 0 Å². The summed E-state index contributed by atoms with van der Waals surface area (Å²) in [5.74, 6) is 0. The molecule has 3 heterocycles. The van der Waals surface area contributed by atoms with Crippen molar-refractivity contribution in [2.24, 2.45) is 0 Å². The zero-order valence-electron chi connectivity index (χ0n) is 29.9. The van der Waals surface area contributed by atoms with Crippen molar-refractivity contribution in [3.05, 3.63) is 175 Å². The fraction of sp³-hybridized carbons (Fsp3) is 0.0588. The summed E-state index contributed by atoms with van der Waals surface area (Å²) >= 11 is 0. The van der Waals surface area contributed by atoms with E-state index in [1.807, 2.05) is 18.2 Å². The average Bonchev–Trinajstić information content (AvgIpc) is 3.94. The molecular formula is C51H33NO2. The Balaban J connectivity index is 1.08. The minimum Gasteiger partial charge on any atom is -0.456 e. The predicted octanol–water partition coefficient (Wildman–Crippen LogP) is 14.2. The molecule has 0 spiro atoms. The molecule has 0 saturated carbocycles. The number of fused-ring (bicyclic) bond motifs is 12. The second-order valence-corrected chi connectivity index (χ2v) is 15.3. The predicted molar refractivity (Wildman–Crippen MR) is 224 cm³/mol. The molecule has 1 aliphatic carbocycles. The fourth-order valence-corrected chi connectivity index (χ4v) is 9.42. The van der Waals surface area contributed by atoms with Crippen LogP contribution in [0.2, 0.25) is 0 Å². The second kappa shape index (κ2) is 10.6. The second-order valence-electron chi connectivity index (χ2n) is 15.3. The molecule has 54 heavy (non-hydrogen) atoms. The molecule has 0 aliphatic heterocycles. The minimum absolute atomic E-state index is 0.0142. The number of benzene rings is 8. The van der Waals surface area contributed by atoms with Crippen LogP contribution < -0.4 is 0 Å². The van der Waals surface area contributed by atoms with Crippen molar-refractivity contribution in [2.45, 2.75) is 19.3 Å². The van der Waals surface area contributed by atoms with Gasteiger partial charge in [0.2, 0.25) is 0 Å². The number of nitrogens with zero attached hydrogens (tertiary/aromatic N) is 1. The van der Waals surface area contributed by atoms with E-state index in [1.54, 1.807) is 0 Å². The summed E-state index contributed by atoms with van der Waals surface area (Å²) < 4.78 is 15.3. The quantitative estimate of drug-likeness (QED) is 0.185. The van der Waals surface area contributed by atoms with Crippen molar-refractivity contribution in [3.8, 4) is 39.1 Å². The smallest absolute Gasteiger partial charge is 0.138 e. The maximum Gasteiger partial charge on any atom is 0.138 e. The van der Waals surface area contributed by atoms with Gasteiger partial charge in [-0.2, -0.15) is 0 Å². The highest BCUT2D eigenvalue weighted by Crippen LogP contribution is 2.50. The highest BCUT2D eigenvalue weighted by molar-refractivity contribution is 6.16. The van der Waals surface area contributed by atoms with Gasteiger partial charge < -0.3 is 13.4 Å². The summed E-state index contributed by atoms with van der Waals surface area (Å²) in [5, 5.41) is 6.90. The standard InChI is InChI=1S/C51H33NO2/c1-51(2)42-15-7-3-11-34(42)39-25-30(19-22-43(39)51)31-20-23-45-40(26-31)35-12-4-8-16-44(35)52(45)33-28-38(50-37-14-6-10-18-47(37)54-49(50)29-33)32-21-24-48-41(27-32)36-13-5-9-17-46(36)53-48/h3-29H,1-2H3. The van der Waals surface area contributed by atoms with Gasteiger partial charge in [-0.05, 0) is 99.1 Å². The van der Waals surface area contributed by atoms with E-state index < -0.39 is 0 Å². The third-order valence-corrected chi connectivity index (χ3v) is 12.0. The Morgan fingerprint density at radius 1 is 0.389 bits per heavy atom. The van der Waals surface area contributed by atoms with E-state index in [1.165, 1.54) is 44.2 Å². The van der Waals surface area contributed by atoms with Gasteiger partial charge in [0.25, 0.3) is 0 Å². The molecule has 0 bridgehead atoms. The van der Waals surface area contributed by atoms with E-state index >= 15 is 0 Å². The van der Waals surface area contributed by atoms with Crippen LogP contribution in [-0.2, 0) is 5.41 Å². The Bertz CT molecular complexity index is 3370. The largest absolute Gasteiger partial charge is 0.456 e. The van der Waals surface area contributed by atoms with E-state index in [9.17, 15) is 0 Å². The summed E-state index contributed by atoms with van der Waals surface area (Å²) in [6.45, 7) is 4.67. The molecule has 0 amide bonds. The zero-order valence-corrected chi connectivity index (χ0v) is 29.9. The molecule has 0 saturated heterocycles. The van der Waals surface area contributed by atoms with E-state index in [-0.39, 0.29) is 5.41 Å². The molecule has 0 N–H and O–H groups in total. The van der Waals surface area contributed by atoms with Gasteiger partial charge in [-0.15, -0.1) is 0 Å². The Morgan fingerprint density at radius 3 is 1.89 bits per heavy atom. The normalized spacial score (nSPS) is 13.5. The Kier molecular flexibility index (Phi) is 5.84. The van der Waals surface area contributed by atoms with Crippen molar-refractivity contribution in [2.75, 3.05) is 0 Å². The lowest BCUT2D eigenvalue weighted by atomic mass is 9.82. The molecular weight excluding hydrogens is 659 g/mol. The lowest BCUT2D eigenvalue weighted by Gasteiger charge is -2.21. The van der Waals surface area contributed by atoms with E-state index in [0.29, 0.717) is 0 Å². The van der Waals surface area contributed by atoms with Gasteiger partial charge in [0, 0.05) is 43.8 Å². The van der Waals surface area contributed by atoms with Crippen LogP contribution in [0.1, 0.15) is 25.0 Å². The third kappa shape index (κ3) is 4.01. The van der Waals surface area contributed by atoms with Crippen LogP contribution in [-0.4, -0.2) is 4.57 Å². The average molecular weight is 692 g/mol. The third-order valence-electron chi connectivity index (χ3n) is 12.0. The molecule has 0 fully saturated rings. The highest BCUT2D eigenvalue weighted by Gasteiger charge is 2.35. The van der Waals surface area contributed by atoms with Gasteiger partial charge >= 0.3 is 0 Å². The maximum absolute atomic E-state index is 6.64. The molecule has 3 heteroatoms. The molecule has 254 valence electrons. The van der Waals surface area contributed by atoms with Gasteiger partial charge in [0.05, 0.1) is 16.7 Å². The Hall–Kier alpha value is -6.84. The van der Waals surface area contributed by atoms with Crippen molar-refractivity contribution >= 4 is 65.7 Å². The summed E-state index contributed by atoms with van der Waals surface area (Å²) in [7, 11) is 0. The van der Waals surface area contributed by atoms with Crippen LogP contribution in [0.15, 0.2) is 173 Å². The van der Waals surface area contributed by atoms with Crippen LogP contribution >= 0.6 is 0 Å². The Morgan fingerprint density at radius 2 is 1.00 bits per heavy atom. The maximum atomic E-state index is 6.64. The number of hydrogen-bond acceptors (Lipinski definition) is 2. The number of rotatable bonds is 3. The first kappa shape index (κ1) is 29.7. The number of aromatic nitrogens is 1. The minimum atomic E-state index is -0.0142. The van der Waals surface area contributed by atoms with Crippen LogP contribution in [0.4, 0.5) is 0 Å².